The number of halogens is 3. The molecule has 1 heterocycles. The minimum Gasteiger partial charge on any atom is -0.481 e. The van der Waals surface area contributed by atoms with Crippen LogP contribution in [0.1, 0.15) is 28.9 Å². The van der Waals surface area contributed by atoms with E-state index in [0.717, 1.165) is 17.7 Å². The van der Waals surface area contributed by atoms with Crippen LogP contribution in [0.25, 0.3) is 16.9 Å². The topological polar surface area (TPSA) is 59.3 Å². The molecule has 0 spiro atoms. The van der Waals surface area contributed by atoms with Crippen molar-refractivity contribution < 1.29 is 27.9 Å². The molecular weight excluding hydrogens is 371 g/mol. The average Bonchev–Trinajstić information content (AvgIpc) is 3.11. The van der Waals surface area contributed by atoms with Gasteiger partial charge in [0.25, 0.3) is 5.78 Å². The molecule has 7 heteroatoms. The highest BCUT2D eigenvalue weighted by Gasteiger charge is 2.39. The molecule has 0 aliphatic carbocycles. The molecule has 0 fully saturated rings. The Kier molecular flexibility index (Phi) is 5.09. The van der Waals surface area contributed by atoms with Crippen LogP contribution in [0.4, 0.5) is 13.2 Å². The van der Waals surface area contributed by atoms with E-state index in [9.17, 15) is 27.9 Å². The van der Waals surface area contributed by atoms with Gasteiger partial charge in [-0.25, -0.2) is 0 Å². The van der Waals surface area contributed by atoms with Crippen molar-refractivity contribution in [1.82, 2.24) is 4.57 Å². The van der Waals surface area contributed by atoms with Crippen molar-refractivity contribution in [2.75, 3.05) is 0 Å². The average molecular weight is 387 g/mol. The molecule has 0 saturated heterocycles. The molecule has 28 heavy (non-hydrogen) atoms. The van der Waals surface area contributed by atoms with Crippen molar-refractivity contribution in [3.05, 3.63) is 78.0 Å². The molecule has 0 saturated carbocycles. The summed E-state index contributed by atoms with van der Waals surface area (Å²) in [5.74, 6) is -3.79. The molecule has 3 aromatic rings. The molecule has 0 amide bonds. The molecule has 1 N–H and O–H groups in total. The lowest BCUT2D eigenvalue weighted by molar-refractivity contribution is -0.138. The molecule has 2 aromatic carbocycles. The summed E-state index contributed by atoms with van der Waals surface area (Å²) < 4.78 is 39.6. The lowest BCUT2D eigenvalue weighted by Crippen LogP contribution is -2.22. The van der Waals surface area contributed by atoms with Crippen molar-refractivity contribution in [3.8, 4) is 16.9 Å². The molecule has 0 aliphatic rings. The van der Waals surface area contributed by atoms with Gasteiger partial charge >= 0.3 is 12.1 Å². The molecule has 1 atom stereocenters. The summed E-state index contributed by atoms with van der Waals surface area (Å²) in [6, 6.07) is 17.6. The van der Waals surface area contributed by atoms with Crippen LogP contribution >= 0.6 is 0 Å². The van der Waals surface area contributed by atoms with Gasteiger partial charge in [-0.05, 0) is 48.9 Å². The summed E-state index contributed by atoms with van der Waals surface area (Å²) in [5, 5.41) is 9.41. The predicted molar refractivity (Wildman–Crippen MR) is 97.6 cm³/mol. The first-order chi connectivity index (χ1) is 13.2. The van der Waals surface area contributed by atoms with Gasteiger partial charge in [-0.2, -0.15) is 13.2 Å². The third kappa shape index (κ3) is 3.69. The second kappa shape index (κ2) is 7.34. The summed E-state index contributed by atoms with van der Waals surface area (Å²) in [5.41, 5.74) is 1.98. The van der Waals surface area contributed by atoms with E-state index in [1.165, 1.54) is 19.1 Å². The summed E-state index contributed by atoms with van der Waals surface area (Å²) >= 11 is 0. The van der Waals surface area contributed by atoms with Gasteiger partial charge in [0, 0.05) is 16.9 Å². The Morgan fingerprint density at radius 2 is 1.54 bits per heavy atom. The SMILES string of the molecule is CC(C(=O)O)c1ccc(-c2ccccc2)n1-c1ccc(C(=O)C(F)(F)F)cc1. The van der Waals surface area contributed by atoms with Gasteiger partial charge in [-0.3, -0.25) is 9.59 Å². The number of nitrogens with zero attached hydrogens (tertiary/aromatic N) is 1. The monoisotopic (exact) mass is 387 g/mol. The number of benzene rings is 2. The molecule has 0 radical (unpaired) electrons. The third-order valence-electron chi connectivity index (χ3n) is 4.44. The summed E-state index contributed by atoms with van der Waals surface area (Å²) in [4.78, 5) is 22.9. The first kappa shape index (κ1) is 19.4. The van der Waals surface area contributed by atoms with E-state index in [2.05, 4.69) is 0 Å². The van der Waals surface area contributed by atoms with E-state index in [0.29, 0.717) is 17.1 Å². The zero-order valence-corrected chi connectivity index (χ0v) is 14.8. The number of rotatable bonds is 5. The maximum Gasteiger partial charge on any atom is 0.454 e. The van der Waals surface area contributed by atoms with E-state index in [-0.39, 0.29) is 0 Å². The molecule has 0 bridgehead atoms. The highest BCUT2D eigenvalue weighted by atomic mass is 19.4. The van der Waals surface area contributed by atoms with Crippen LogP contribution in [0.15, 0.2) is 66.7 Å². The molecule has 1 aromatic heterocycles. The van der Waals surface area contributed by atoms with E-state index in [1.807, 2.05) is 30.3 Å². The largest absolute Gasteiger partial charge is 0.481 e. The zero-order valence-electron chi connectivity index (χ0n) is 14.8. The van der Waals surface area contributed by atoms with Crippen LogP contribution in [-0.4, -0.2) is 27.6 Å². The standard InChI is InChI=1S/C21H16F3NO3/c1-13(20(27)28)17-11-12-18(14-5-3-2-4-6-14)25(17)16-9-7-15(8-10-16)19(26)21(22,23)24/h2-13H,1H3,(H,27,28). The molecule has 1 unspecified atom stereocenters. The fourth-order valence-electron chi connectivity index (χ4n) is 2.96. The van der Waals surface area contributed by atoms with Crippen molar-refractivity contribution >= 4 is 11.8 Å². The highest BCUT2D eigenvalue weighted by molar-refractivity contribution is 6.00. The highest BCUT2D eigenvalue weighted by Crippen LogP contribution is 2.31. The van der Waals surface area contributed by atoms with E-state index < -0.39 is 29.4 Å². The number of aromatic nitrogens is 1. The lowest BCUT2D eigenvalue weighted by atomic mass is 10.1. The summed E-state index contributed by atoms with van der Waals surface area (Å²) in [6.45, 7) is 1.53. The van der Waals surface area contributed by atoms with Crippen LogP contribution in [-0.2, 0) is 4.79 Å². The van der Waals surface area contributed by atoms with Crippen molar-refractivity contribution in [2.45, 2.75) is 19.0 Å². The smallest absolute Gasteiger partial charge is 0.454 e. The number of hydrogen-bond acceptors (Lipinski definition) is 2. The molecule has 4 nitrogen and oxygen atoms in total. The van der Waals surface area contributed by atoms with Crippen LogP contribution in [0, 0.1) is 0 Å². The zero-order chi connectivity index (χ0) is 20.5. The van der Waals surface area contributed by atoms with E-state index in [4.69, 9.17) is 0 Å². The Morgan fingerprint density at radius 1 is 0.929 bits per heavy atom. The fraction of sp³-hybridized carbons (Fsp3) is 0.143. The number of ketones is 1. The maximum atomic E-state index is 12.6. The van der Waals surface area contributed by atoms with Gasteiger partial charge in [0.05, 0.1) is 11.6 Å². The predicted octanol–water partition coefficient (Wildman–Crippen LogP) is 5.08. The summed E-state index contributed by atoms with van der Waals surface area (Å²) in [7, 11) is 0. The molecular formula is C21H16F3NO3. The Labute approximate surface area is 158 Å². The number of carbonyl (C=O) groups is 2. The van der Waals surface area contributed by atoms with Gasteiger partial charge < -0.3 is 9.67 Å². The van der Waals surface area contributed by atoms with Crippen molar-refractivity contribution in [1.29, 1.82) is 0 Å². The summed E-state index contributed by atoms with van der Waals surface area (Å²) in [6.07, 6.45) is -4.95. The number of carboxylic acid groups (broad SMARTS) is 1. The second-order valence-electron chi connectivity index (χ2n) is 6.28. The maximum absolute atomic E-state index is 12.6. The lowest BCUT2D eigenvalue weighted by Gasteiger charge is -2.17. The number of aliphatic carboxylic acids is 1. The second-order valence-corrected chi connectivity index (χ2v) is 6.28. The number of Topliss-reactive ketones (excluding diaryl/α,β-unsaturated/α-hetero) is 1. The van der Waals surface area contributed by atoms with E-state index in [1.54, 1.807) is 16.7 Å². The van der Waals surface area contributed by atoms with Gasteiger partial charge in [0.2, 0.25) is 0 Å². The van der Waals surface area contributed by atoms with Gasteiger partial charge in [0.15, 0.2) is 0 Å². The number of carbonyl (C=O) groups excluding carboxylic acids is 1. The fourth-order valence-corrected chi connectivity index (χ4v) is 2.96. The minimum atomic E-state index is -4.95. The Bertz CT molecular complexity index is 1010. The molecule has 3 rings (SSSR count). The normalized spacial score (nSPS) is 12.6. The Morgan fingerprint density at radius 3 is 2.07 bits per heavy atom. The Hall–Kier alpha value is -3.35. The number of carboxylic acids is 1. The van der Waals surface area contributed by atoms with Crippen LogP contribution in [0.5, 0.6) is 0 Å². The molecule has 144 valence electrons. The van der Waals surface area contributed by atoms with Crippen molar-refractivity contribution in [3.63, 3.8) is 0 Å². The van der Waals surface area contributed by atoms with E-state index >= 15 is 0 Å². The third-order valence-corrected chi connectivity index (χ3v) is 4.44. The van der Waals surface area contributed by atoms with Gasteiger partial charge in [-0.15, -0.1) is 0 Å². The minimum absolute atomic E-state index is 0.464. The molecule has 0 aliphatic heterocycles. The number of hydrogen-bond donors (Lipinski definition) is 1. The van der Waals surface area contributed by atoms with Gasteiger partial charge in [-0.1, -0.05) is 30.3 Å². The van der Waals surface area contributed by atoms with Crippen LogP contribution < -0.4 is 0 Å². The van der Waals surface area contributed by atoms with Gasteiger partial charge in [0.1, 0.15) is 0 Å². The Balaban J connectivity index is 2.13. The first-order valence-corrected chi connectivity index (χ1v) is 8.42. The first-order valence-electron chi connectivity index (χ1n) is 8.42. The van der Waals surface area contributed by atoms with Crippen molar-refractivity contribution in [2.24, 2.45) is 0 Å². The quantitative estimate of drug-likeness (QED) is 0.622. The van der Waals surface area contributed by atoms with Crippen LogP contribution in [0.2, 0.25) is 0 Å². The van der Waals surface area contributed by atoms with Crippen LogP contribution in [0.3, 0.4) is 0 Å². The number of alkyl halides is 3.